The quantitative estimate of drug-likeness (QED) is 0.881. The first-order valence-corrected chi connectivity index (χ1v) is 7.88. The highest BCUT2D eigenvalue weighted by atomic mass is 79.9. The number of nitrogens with one attached hydrogen (secondary N) is 1. The lowest BCUT2D eigenvalue weighted by atomic mass is 9.98. The van der Waals surface area contributed by atoms with E-state index < -0.39 is 0 Å². The van der Waals surface area contributed by atoms with Gasteiger partial charge in [0.25, 0.3) is 0 Å². The van der Waals surface area contributed by atoms with E-state index in [1.54, 1.807) is 0 Å². The highest BCUT2D eigenvalue weighted by Gasteiger charge is 2.20. The van der Waals surface area contributed by atoms with Crippen molar-refractivity contribution in [3.63, 3.8) is 0 Å². The second-order valence-electron chi connectivity index (χ2n) is 4.79. The van der Waals surface area contributed by atoms with Crippen molar-refractivity contribution in [1.29, 1.82) is 0 Å². The summed E-state index contributed by atoms with van der Waals surface area (Å²) in [5, 5.41) is 3.97. The largest absolute Gasteiger partial charge is 0.486 e. The molecule has 0 saturated heterocycles. The van der Waals surface area contributed by atoms with E-state index in [2.05, 4.69) is 33.4 Å². The average Bonchev–Trinajstić information content (AvgIpc) is 2.50. The Morgan fingerprint density at radius 2 is 1.71 bits per heavy atom. The van der Waals surface area contributed by atoms with Gasteiger partial charge in [0.15, 0.2) is 11.5 Å². The molecule has 1 aliphatic heterocycles. The van der Waals surface area contributed by atoms with Crippen LogP contribution >= 0.6 is 27.5 Å². The van der Waals surface area contributed by atoms with E-state index in [4.69, 9.17) is 21.1 Å². The summed E-state index contributed by atoms with van der Waals surface area (Å²) >= 11 is 9.88. The molecule has 0 aromatic heterocycles. The minimum atomic E-state index is 0.00132. The van der Waals surface area contributed by atoms with Gasteiger partial charge in [-0.2, -0.15) is 0 Å². The van der Waals surface area contributed by atoms with Crippen molar-refractivity contribution in [2.24, 2.45) is 0 Å². The molecule has 2 aromatic carbocycles. The summed E-state index contributed by atoms with van der Waals surface area (Å²) in [4.78, 5) is 0. The summed E-state index contributed by atoms with van der Waals surface area (Å²) in [6.07, 6.45) is 0. The Morgan fingerprint density at radius 1 is 1.10 bits per heavy atom. The van der Waals surface area contributed by atoms with Gasteiger partial charge in [-0.15, -0.1) is 0 Å². The third-order valence-corrected chi connectivity index (χ3v) is 4.32. The Bertz CT molecular complexity index is 645. The summed E-state index contributed by atoms with van der Waals surface area (Å²) in [5.41, 5.74) is 2.12. The van der Waals surface area contributed by atoms with E-state index in [9.17, 15) is 0 Å². The Morgan fingerprint density at radius 3 is 2.33 bits per heavy atom. The number of ether oxygens (including phenoxy) is 2. The second kappa shape index (κ2) is 6.26. The van der Waals surface area contributed by atoms with Gasteiger partial charge in [0, 0.05) is 15.6 Å². The minimum absolute atomic E-state index is 0.00132. The number of fused-ring (bicyclic) bond motifs is 1. The van der Waals surface area contributed by atoms with Crippen molar-refractivity contribution in [1.82, 2.24) is 5.32 Å². The summed E-state index contributed by atoms with van der Waals surface area (Å²) in [6.45, 7) is 1.13. The first-order valence-electron chi connectivity index (χ1n) is 6.71. The molecule has 0 radical (unpaired) electrons. The fraction of sp³-hybridized carbons (Fsp3) is 0.250. The molecule has 1 N–H and O–H groups in total. The van der Waals surface area contributed by atoms with E-state index >= 15 is 0 Å². The van der Waals surface area contributed by atoms with Gasteiger partial charge in [-0.05, 0) is 36.4 Å². The SMILES string of the molecule is CNC(c1ccc(Br)cc1)c1cc2c(cc1Cl)OCCO2. The lowest BCUT2D eigenvalue weighted by molar-refractivity contribution is 0.171. The van der Waals surface area contributed by atoms with Gasteiger partial charge in [-0.3, -0.25) is 0 Å². The fourth-order valence-electron chi connectivity index (χ4n) is 2.46. The smallest absolute Gasteiger partial charge is 0.162 e. The van der Waals surface area contributed by atoms with Crippen LogP contribution in [0.1, 0.15) is 17.2 Å². The van der Waals surface area contributed by atoms with Gasteiger partial charge in [-0.1, -0.05) is 39.7 Å². The molecule has 3 rings (SSSR count). The highest BCUT2D eigenvalue weighted by molar-refractivity contribution is 9.10. The fourth-order valence-corrected chi connectivity index (χ4v) is 2.98. The molecular weight excluding hydrogens is 354 g/mol. The summed E-state index contributed by atoms with van der Waals surface area (Å²) < 4.78 is 12.3. The Kier molecular flexibility index (Phi) is 4.38. The first kappa shape index (κ1) is 14.7. The number of hydrogen-bond donors (Lipinski definition) is 1. The van der Waals surface area contributed by atoms with Gasteiger partial charge in [-0.25, -0.2) is 0 Å². The van der Waals surface area contributed by atoms with Crippen molar-refractivity contribution in [3.8, 4) is 11.5 Å². The van der Waals surface area contributed by atoms with Crippen molar-refractivity contribution in [2.75, 3.05) is 20.3 Å². The first-order chi connectivity index (χ1) is 10.2. The predicted octanol–water partition coefficient (Wildman–Crippen LogP) is 4.18. The summed E-state index contributed by atoms with van der Waals surface area (Å²) in [6, 6.07) is 12.0. The summed E-state index contributed by atoms with van der Waals surface area (Å²) in [5.74, 6) is 1.46. The highest BCUT2D eigenvalue weighted by Crippen LogP contribution is 2.39. The molecule has 1 unspecified atom stereocenters. The molecule has 1 heterocycles. The molecule has 0 fully saturated rings. The van der Waals surface area contributed by atoms with Gasteiger partial charge in [0.05, 0.1) is 6.04 Å². The molecule has 0 aliphatic carbocycles. The zero-order valence-corrected chi connectivity index (χ0v) is 13.9. The van der Waals surface area contributed by atoms with Crippen molar-refractivity contribution in [3.05, 3.63) is 57.0 Å². The van der Waals surface area contributed by atoms with Crippen LogP contribution in [0.25, 0.3) is 0 Å². The number of benzene rings is 2. The maximum atomic E-state index is 6.43. The number of halogens is 2. The van der Waals surface area contributed by atoms with Crippen LogP contribution in [-0.4, -0.2) is 20.3 Å². The van der Waals surface area contributed by atoms with Crippen LogP contribution in [0.5, 0.6) is 11.5 Å². The van der Waals surface area contributed by atoms with Crippen molar-refractivity contribution >= 4 is 27.5 Å². The van der Waals surface area contributed by atoms with E-state index in [-0.39, 0.29) is 6.04 Å². The molecule has 1 aliphatic rings. The van der Waals surface area contributed by atoms with Gasteiger partial charge in [0.1, 0.15) is 13.2 Å². The molecule has 5 heteroatoms. The lowest BCUT2D eigenvalue weighted by Crippen LogP contribution is -2.20. The Labute approximate surface area is 137 Å². The van der Waals surface area contributed by atoms with E-state index in [0.717, 1.165) is 21.3 Å². The van der Waals surface area contributed by atoms with Crippen LogP contribution in [0.3, 0.4) is 0 Å². The second-order valence-corrected chi connectivity index (χ2v) is 6.11. The zero-order valence-electron chi connectivity index (χ0n) is 11.5. The normalized spacial score (nSPS) is 14.8. The minimum Gasteiger partial charge on any atom is -0.486 e. The Balaban J connectivity index is 2.02. The lowest BCUT2D eigenvalue weighted by Gasteiger charge is -2.23. The van der Waals surface area contributed by atoms with Crippen LogP contribution in [0.2, 0.25) is 5.02 Å². The molecule has 3 nitrogen and oxygen atoms in total. The zero-order chi connectivity index (χ0) is 14.8. The third kappa shape index (κ3) is 3.03. The third-order valence-electron chi connectivity index (χ3n) is 3.46. The molecule has 21 heavy (non-hydrogen) atoms. The molecular formula is C16H15BrClNO2. The molecule has 1 atom stereocenters. The topological polar surface area (TPSA) is 30.5 Å². The van der Waals surface area contributed by atoms with Crippen LogP contribution in [0.4, 0.5) is 0 Å². The maximum absolute atomic E-state index is 6.43. The van der Waals surface area contributed by atoms with Crippen LogP contribution in [0.15, 0.2) is 40.9 Å². The van der Waals surface area contributed by atoms with Crippen LogP contribution in [0, 0.1) is 0 Å². The molecule has 110 valence electrons. The van der Waals surface area contributed by atoms with Gasteiger partial charge >= 0.3 is 0 Å². The number of rotatable bonds is 3. The molecule has 0 amide bonds. The Hall–Kier alpha value is -1.23. The number of hydrogen-bond acceptors (Lipinski definition) is 3. The molecule has 0 spiro atoms. The van der Waals surface area contributed by atoms with Crippen LogP contribution < -0.4 is 14.8 Å². The molecule has 2 aromatic rings. The van der Waals surface area contributed by atoms with Gasteiger partial charge < -0.3 is 14.8 Å². The monoisotopic (exact) mass is 367 g/mol. The molecule has 0 saturated carbocycles. The predicted molar refractivity (Wildman–Crippen MR) is 87.5 cm³/mol. The summed E-state index contributed by atoms with van der Waals surface area (Å²) in [7, 11) is 1.92. The van der Waals surface area contributed by atoms with Crippen molar-refractivity contribution < 1.29 is 9.47 Å². The van der Waals surface area contributed by atoms with Crippen molar-refractivity contribution in [2.45, 2.75) is 6.04 Å². The molecule has 0 bridgehead atoms. The van der Waals surface area contributed by atoms with E-state index in [0.29, 0.717) is 24.0 Å². The van der Waals surface area contributed by atoms with E-state index in [1.807, 2.05) is 31.3 Å². The average molecular weight is 369 g/mol. The van der Waals surface area contributed by atoms with Gasteiger partial charge in [0.2, 0.25) is 0 Å². The van der Waals surface area contributed by atoms with E-state index in [1.165, 1.54) is 0 Å². The van der Waals surface area contributed by atoms with Crippen LogP contribution in [-0.2, 0) is 0 Å². The standard InChI is InChI=1S/C16H15BrClNO2/c1-19-16(10-2-4-11(17)5-3-10)12-8-14-15(9-13(12)18)21-7-6-20-14/h2-5,8-9,16,19H,6-7H2,1H3. The maximum Gasteiger partial charge on any atom is 0.162 e.